The van der Waals surface area contributed by atoms with Gasteiger partial charge in [-0.3, -0.25) is 9.59 Å². The monoisotopic (exact) mass is 332 g/mol. The minimum atomic E-state index is -0.534. The second kappa shape index (κ2) is 6.86. The molecule has 0 aliphatic carbocycles. The van der Waals surface area contributed by atoms with E-state index in [1.165, 1.54) is 13.0 Å². The summed E-state index contributed by atoms with van der Waals surface area (Å²) in [5.41, 5.74) is 1.40. The highest BCUT2D eigenvalue weighted by molar-refractivity contribution is 6.02. The number of aryl methyl sites for hydroxylation is 2. The van der Waals surface area contributed by atoms with Crippen LogP contribution in [0.15, 0.2) is 15.3 Å². The Morgan fingerprint density at radius 1 is 1.17 bits per heavy atom. The maximum Gasteiger partial charge on any atom is 0.344 e. The molecule has 2 rings (SSSR count). The molecule has 0 aliphatic rings. The molecule has 6 nitrogen and oxygen atoms in total. The summed E-state index contributed by atoms with van der Waals surface area (Å²) >= 11 is 0. The lowest BCUT2D eigenvalue weighted by molar-refractivity contribution is -0.145. The summed E-state index contributed by atoms with van der Waals surface area (Å²) in [6.45, 7) is 8.05. The highest BCUT2D eigenvalue weighted by Gasteiger charge is 2.20. The molecule has 24 heavy (non-hydrogen) atoms. The molecule has 0 N–H and O–H groups in total. The molecule has 0 bridgehead atoms. The van der Waals surface area contributed by atoms with E-state index < -0.39 is 5.97 Å². The number of carbonyl (C=O) groups is 2. The molecule has 0 saturated heterocycles. The van der Waals surface area contributed by atoms with Crippen LogP contribution in [0.3, 0.4) is 0 Å². The number of hydrogen-bond donors (Lipinski definition) is 0. The zero-order valence-corrected chi connectivity index (χ0v) is 14.4. The Bertz CT molecular complexity index is 875. The number of fused-ring (bicyclic) bond motifs is 1. The number of ketones is 1. The van der Waals surface area contributed by atoms with Gasteiger partial charge in [-0.1, -0.05) is 0 Å². The highest BCUT2D eigenvalue weighted by Crippen LogP contribution is 2.32. The Balaban J connectivity index is 2.65. The topological polar surface area (TPSA) is 82.8 Å². The molecule has 2 aromatic rings. The fourth-order valence-corrected chi connectivity index (χ4v) is 2.46. The van der Waals surface area contributed by atoms with Crippen molar-refractivity contribution in [2.45, 2.75) is 34.6 Å². The first-order valence-electron chi connectivity index (χ1n) is 7.64. The fraction of sp³-hybridized carbons (Fsp3) is 0.389. The van der Waals surface area contributed by atoms with E-state index in [0.717, 1.165) is 0 Å². The van der Waals surface area contributed by atoms with Crippen LogP contribution >= 0.6 is 0 Å². The molecule has 128 valence electrons. The first-order valence-corrected chi connectivity index (χ1v) is 7.64. The van der Waals surface area contributed by atoms with Gasteiger partial charge in [0.1, 0.15) is 17.1 Å². The van der Waals surface area contributed by atoms with Crippen LogP contribution in [-0.2, 0) is 9.53 Å². The van der Waals surface area contributed by atoms with Crippen LogP contribution in [0.1, 0.15) is 41.1 Å². The van der Waals surface area contributed by atoms with Crippen LogP contribution in [0, 0.1) is 20.8 Å². The second-order valence-electron chi connectivity index (χ2n) is 5.52. The van der Waals surface area contributed by atoms with Crippen molar-refractivity contribution in [2.75, 3.05) is 13.2 Å². The molecule has 0 aliphatic heterocycles. The predicted molar refractivity (Wildman–Crippen MR) is 88.8 cm³/mol. The van der Waals surface area contributed by atoms with Gasteiger partial charge in [0.2, 0.25) is 0 Å². The number of Topliss-reactive ketones (excluding diaryl/α,β-unsaturated/α-hetero) is 1. The summed E-state index contributed by atoms with van der Waals surface area (Å²) in [5, 5.41) is 0.323. The SMILES string of the molecule is CCOC(=O)COc1c(C(C)=O)cc2c(=O)c(C)c(C)oc2c1C. The molecule has 1 heterocycles. The minimum Gasteiger partial charge on any atom is -0.481 e. The molecule has 0 fully saturated rings. The molecule has 1 aromatic carbocycles. The standard InChI is InChI=1S/C18H20O6/c1-6-22-15(20)8-23-17-10(3)18-14(7-13(17)11(4)19)16(21)9(2)12(5)24-18/h7H,6,8H2,1-5H3. The van der Waals surface area contributed by atoms with E-state index in [9.17, 15) is 14.4 Å². The first-order chi connectivity index (χ1) is 11.3. The molecule has 0 amide bonds. The van der Waals surface area contributed by atoms with Gasteiger partial charge < -0.3 is 13.9 Å². The predicted octanol–water partition coefficient (Wildman–Crippen LogP) is 2.86. The normalized spacial score (nSPS) is 10.7. The highest BCUT2D eigenvalue weighted by atomic mass is 16.6. The van der Waals surface area contributed by atoms with Crippen molar-refractivity contribution in [2.24, 2.45) is 0 Å². The minimum absolute atomic E-state index is 0.184. The zero-order chi connectivity index (χ0) is 18.0. The smallest absolute Gasteiger partial charge is 0.344 e. The van der Waals surface area contributed by atoms with Crippen molar-refractivity contribution in [1.82, 2.24) is 0 Å². The first kappa shape index (κ1) is 17.7. The molecule has 0 atom stereocenters. The van der Waals surface area contributed by atoms with E-state index in [1.54, 1.807) is 27.7 Å². The number of hydrogen-bond acceptors (Lipinski definition) is 6. The average molecular weight is 332 g/mol. The van der Waals surface area contributed by atoms with Crippen molar-refractivity contribution < 1.29 is 23.5 Å². The van der Waals surface area contributed by atoms with Crippen LogP contribution in [-0.4, -0.2) is 25.0 Å². The van der Waals surface area contributed by atoms with Crippen LogP contribution in [0.4, 0.5) is 0 Å². The number of benzene rings is 1. The molecule has 0 unspecified atom stereocenters. The van der Waals surface area contributed by atoms with Crippen LogP contribution < -0.4 is 10.2 Å². The van der Waals surface area contributed by atoms with E-state index in [2.05, 4.69) is 0 Å². The van der Waals surface area contributed by atoms with E-state index in [0.29, 0.717) is 27.9 Å². The van der Waals surface area contributed by atoms with Crippen molar-refractivity contribution >= 4 is 22.7 Å². The summed E-state index contributed by atoms with van der Waals surface area (Å²) in [4.78, 5) is 35.9. The molecule has 6 heteroatoms. The molecule has 0 spiro atoms. The van der Waals surface area contributed by atoms with Gasteiger partial charge in [-0.2, -0.15) is 0 Å². The van der Waals surface area contributed by atoms with Gasteiger partial charge in [-0.25, -0.2) is 4.79 Å². The molecular formula is C18H20O6. The second-order valence-corrected chi connectivity index (χ2v) is 5.52. The number of carbonyl (C=O) groups excluding carboxylic acids is 2. The average Bonchev–Trinajstić information content (AvgIpc) is 2.52. The Kier molecular flexibility index (Phi) is 5.07. The molecule has 0 saturated carbocycles. The lowest BCUT2D eigenvalue weighted by Gasteiger charge is -2.15. The third kappa shape index (κ3) is 3.18. The maximum atomic E-state index is 12.5. The van der Waals surface area contributed by atoms with Crippen molar-refractivity contribution in [3.05, 3.63) is 38.7 Å². The maximum absolute atomic E-state index is 12.5. The van der Waals surface area contributed by atoms with E-state index in [1.807, 2.05) is 0 Å². The largest absolute Gasteiger partial charge is 0.481 e. The summed E-state index contributed by atoms with van der Waals surface area (Å²) in [6, 6.07) is 1.46. The van der Waals surface area contributed by atoms with E-state index in [-0.39, 0.29) is 35.7 Å². The van der Waals surface area contributed by atoms with Gasteiger partial charge >= 0.3 is 5.97 Å². The summed E-state index contributed by atoms with van der Waals surface area (Å²) in [5.74, 6) is -0.0681. The van der Waals surface area contributed by atoms with Gasteiger partial charge in [0, 0.05) is 11.1 Å². The Morgan fingerprint density at radius 3 is 2.42 bits per heavy atom. The third-order valence-corrected chi connectivity index (χ3v) is 3.85. The fourth-order valence-electron chi connectivity index (χ4n) is 2.46. The van der Waals surface area contributed by atoms with Crippen LogP contribution in [0.2, 0.25) is 0 Å². The van der Waals surface area contributed by atoms with Gasteiger partial charge in [0.15, 0.2) is 17.8 Å². The number of rotatable bonds is 5. The third-order valence-electron chi connectivity index (χ3n) is 3.85. The van der Waals surface area contributed by atoms with E-state index >= 15 is 0 Å². The Morgan fingerprint density at radius 2 is 1.83 bits per heavy atom. The summed E-state index contributed by atoms with van der Waals surface area (Å²) in [7, 11) is 0. The quantitative estimate of drug-likeness (QED) is 0.618. The summed E-state index contributed by atoms with van der Waals surface area (Å²) < 4.78 is 16.1. The zero-order valence-electron chi connectivity index (χ0n) is 14.4. The molecule has 1 aromatic heterocycles. The Labute approximate surface area is 139 Å². The van der Waals surface area contributed by atoms with Gasteiger partial charge in [0.05, 0.1) is 17.6 Å². The number of ether oxygens (including phenoxy) is 2. The molecular weight excluding hydrogens is 312 g/mol. The summed E-state index contributed by atoms with van der Waals surface area (Å²) in [6.07, 6.45) is 0. The lowest BCUT2D eigenvalue weighted by Crippen LogP contribution is -2.17. The van der Waals surface area contributed by atoms with Gasteiger partial charge in [0.25, 0.3) is 0 Å². The van der Waals surface area contributed by atoms with Crippen LogP contribution in [0.25, 0.3) is 11.0 Å². The van der Waals surface area contributed by atoms with Crippen molar-refractivity contribution in [3.63, 3.8) is 0 Å². The van der Waals surface area contributed by atoms with Gasteiger partial charge in [-0.15, -0.1) is 0 Å². The Hall–Kier alpha value is -2.63. The lowest BCUT2D eigenvalue weighted by atomic mass is 10.0. The van der Waals surface area contributed by atoms with Crippen molar-refractivity contribution in [1.29, 1.82) is 0 Å². The van der Waals surface area contributed by atoms with Crippen LogP contribution in [0.5, 0.6) is 5.75 Å². The van der Waals surface area contributed by atoms with E-state index in [4.69, 9.17) is 13.9 Å². The van der Waals surface area contributed by atoms with Crippen molar-refractivity contribution in [3.8, 4) is 5.75 Å². The molecule has 0 radical (unpaired) electrons. The number of esters is 1. The van der Waals surface area contributed by atoms with Gasteiger partial charge in [-0.05, 0) is 40.7 Å².